The average Bonchev–Trinajstić information content (AvgIpc) is 2.78. The van der Waals surface area contributed by atoms with Crippen molar-refractivity contribution in [2.75, 3.05) is 6.54 Å². The molecule has 0 aliphatic heterocycles. The highest BCUT2D eigenvalue weighted by Gasteiger charge is 2.10. The fourth-order valence-electron chi connectivity index (χ4n) is 1.87. The van der Waals surface area contributed by atoms with Crippen molar-refractivity contribution >= 4 is 34.5 Å². The minimum atomic E-state index is 0.173. The van der Waals surface area contributed by atoms with Crippen LogP contribution in [-0.4, -0.2) is 11.5 Å². The molecule has 0 aliphatic carbocycles. The number of benzene rings is 1. The Morgan fingerprint density at radius 2 is 2.16 bits per heavy atom. The van der Waals surface area contributed by atoms with E-state index in [1.54, 1.807) is 17.4 Å². The van der Waals surface area contributed by atoms with Crippen molar-refractivity contribution in [3.63, 3.8) is 0 Å². The Morgan fingerprint density at radius 3 is 2.84 bits per heavy atom. The molecule has 2 aromatic rings. The third kappa shape index (κ3) is 4.18. The lowest BCUT2D eigenvalue weighted by Gasteiger charge is -2.15. The van der Waals surface area contributed by atoms with E-state index in [2.05, 4.69) is 22.6 Å². The van der Waals surface area contributed by atoms with Crippen molar-refractivity contribution in [3.05, 3.63) is 49.9 Å². The minimum Gasteiger partial charge on any atom is -0.310 e. The predicted molar refractivity (Wildman–Crippen MR) is 83.4 cm³/mol. The number of nitrogens with zero attached hydrogens (tertiary/aromatic N) is 1. The number of rotatable bonds is 5. The van der Waals surface area contributed by atoms with E-state index in [9.17, 15) is 0 Å². The Labute approximate surface area is 127 Å². The average molecular weight is 315 g/mol. The van der Waals surface area contributed by atoms with E-state index < -0.39 is 0 Å². The number of aryl methyl sites for hydroxylation is 1. The van der Waals surface area contributed by atoms with Gasteiger partial charge in [0.2, 0.25) is 0 Å². The van der Waals surface area contributed by atoms with Gasteiger partial charge in [-0.25, -0.2) is 4.98 Å². The van der Waals surface area contributed by atoms with Crippen LogP contribution in [0.25, 0.3) is 0 Å². The van der Waals surface area contributed by atoms with E-state index in [-0.39, 0.29) is 6.04 Å². The molecule has 0 saturated heterocycles. The van der Waals surface area contributed by atoms with Crippen LogP contribution < -0.4 is 5.32 Å². The van der Waals surface area contributed by atoms with Gasteiger partial charge in [0.1, 0.15) is 0 Å². The topological polar surface area (TPSA) is 24.9 Å². The molecule has 1 atom stereocenters. The molecule has 0 fully saturated rings. The third-order valence-corrected chi connectivity index (χ3v) is 4.49. The first-order chi connectivity index (χ1) is 9.06. The molecule has 1 N–H and O–H groups in total. The number of halogens is 2. The van der Waals surface area contributed by atoms with E-state index in [4.69, 9.17) is 23.2 Å². The van der Waals surface area contributed by atoms with Gasteiger partial charge in [0, 0.05) is 40.1 Å². The molecular weight excluding hydrogens is 299 g/mol. The van der Waals surface area contributed by atoms with Crippen molar-refractivity contribution in [1.82, 2.24) is 10.3 Å². The SMILES string of the molecule is Cc1csc(CCNC(C)c2cc(Cl)ccc2Cl)n1. The van der Waals surface area contributed by atoms with Crippen LogP contribution in [0.3, 0.4) is 0 Å². The lowest BCUT2D eigenvalue weighted by atomic mass is 10.1. The summed E-state index contributed by atoms with van der Waals surface area (Å²) in [7, 11) is 0. The number of nitrogens with one attached hydrogen (secondary N) is 1. The Balaban J connectivity index is 1.90. The van der Waals surface area contributed by atoms with E-state index in [1.165, 1.54) is 0 Å². The summed E-state index contributed by atoms with van der Waals surface area (Å²) in [5.41, 5.74) is 2.12. The first-order valence-corrected chi connectivity index (χ1v) is 7.79. The molecule has 0 aliphatic rings. The highest BCUT2D eigenvalue weighted by molar-refractivity contribution is 7.09. The Kier molecular flexibility index (Phi) is 5.22. The molecule has 1 unspecified atom stereocenters. The first-order valence-electron chi connectivity index (χ1n) is 6.15. The van der Waals surface area contributed by atoms with Crippen LogP contribution in [0.15, 0.2) is 23.6 Å². The van der Waals surface area contributed by atoms with Gasteiger partial charge in [-0.05, 0) is 37.6 Å². The second kappa shape index (κ2) is 6.71. The zero-order valence-corrected chi connectivity index (χ0v) is 13.2. The van der Waals surface area contributed by atoms with Crippen molar-refractivity contribution in [2.45, 2.75) is 26.3 Å². The van der Waals surface area contributed by atoms with Gasteiger partial charge in [-0.2, -0.15) is 0 Å². The highest BCUT2D eigenvalue weighted by atomic mass is 35.5. The van der Waals surface area contributed by atoms with Gasteiger partial charge in [0.05, 0.1) is 5.01 Å². The maximum absolute atomic E-state index is 6.18. The van der Waals surface area contributed by atoms with Gasteiger partial charge in [-0.3, -0.25) is 0 Å². The number of hydrogen-bond donors (Lipinski definition) is 1. The Bertz CT molecular complexity index is 554. The van der Waals surface area contributed by atoms with Gasteiger partial charge in [-0.1, -0.05) is 23.2 Å². The molecule has 2 rings (SSSR count). The maximum Gasteiger partial charge on any atom is 0.0940 e. The molecule has 0 amide bonds. The molecule has 0 saturated carbocycles. The van der Waals surface area contributed by atoms with E-state index in [1.807, 2.05) is 19.1 Å². The van der Waals surface area contributed by atoms with Gasteiger partial charge in [0.15, 0.2) is 0 Å². The van der Waals surface area contributed by atoms with Gasteiger partial charge in [-0.15, -0.1) is 11.3 Å². The zero-order chi connectivity index (χ0) is 13.8. The lowest BCUT2D eigenvalue weighted by molar-refractivity contribution is 0.576. The Hall–Kier alpha value is -0.610. The van der Waals surface area contributed by atoms with Gasteiger partial charge < -0.3 is 5.32 Å². The van der Waals surface area contributed by atoms with E-state index in [0.717, 1.165) is 34.3 Å². The van der Waals surface area contributed by atoms with Crippen LogP contribution >= 0.6 is 34.5 Å². The van der Waals surface area contributed by atoms with E-state index >= 15 is 0 Å². The number of aromatic nitrogens is 1. The standard InChI is InChI=1S/C14H16Cl2N2S/c1-9-8-19-14(18-9)5-6-17-10(2)12-7-11(15)3-4-13(12)16/h3-4,7-8,10,17H,5-6H2,1-2H3. The minimum absolute atomic E-state index is 0.173. The molecule has 0 radical (unpaired) electrons. The molecule has 2 nitrogen and oxygen atoms in total. The van der Waals surface area contributed by atoms with Gasteiger partial charge in [0.25, 0.3) is 0 Å². The second-order valence-corrected chi connectivity index (χ2v) is 6.26. The first kappa shape index (κ1) is 14.8. The summed E-state index contributed by atoms with van der Waals surface area (Å²) in [5, 5.41) is 8.14. The molecule has 1 aromatic heterocycles. The van der Waals surface area contributed by atoms with Crippen molar-refractivity contribution < 1.29 is 0 Å². The summed E-state index contributed by atoms with van der Waals surface area (Å²) in [6.07, 6.45) is 0.932. The van der Waals surface area contributed by atoms with Gasteiger partial charge >= 0.3 is 0 Å². The number of thiazole rings is 1. The summed E-state index contributed by atoms with van der Waals surface area (Å²) < 4.78 is 0. The molecule has 102 valence electrons. The summed E-state index contributed by atoms with van der Waals surface area (Å²) in [6.45, 7) is 4.98. The Morgan fingerprint density at radius 1 is 1.37 bits per heavy atom. The fraction of sp³-hybridized carbons (Fsp3) is 0.357. The summed E-state index contributed by atoms with van der Waals surface area (Å²) in [6, 6.07) is 5.72. The lowest BCUT2D eigenvalue weighted by Crippen LogP contribution is -2.21. The summed E-state index contributed by atoms with van der Waals surface area (Å²) >= 11 is 13.9. The fourth-order valence-corrected chi connectivity index (χ4v) is 3.11. The number of hydrogen-bond acceptors (Lipinski definition) is 3. The quantitative estimate of drug-likeness (QED) is 0.868. The summed E-state index contributed by atoms with van der Waals surface area (Å²) in [5.74, 6) is 0. The molecule has 19 heavy (non-hydrogen) atoms. The van der Waals surface area contributed by atoms with Crippen molar-refractivity contribution in [2.24, 2.45) is 0 Å². The molecule has 5 heteroatoms. The molecule has 0 spiro atoms. The maximum atomic E-state index is 6.18. The molecular formula is C14H16Cl2N2S. The van der Waals surface area contributed by atoms with Crippen LogP contribution in [0.5, 0.6) is 0 Å². The molecule has 1 heterocycles. The van der Waals surface area contributed by atoms with Crippen LogP contribution in [0.1, 0.15) is 29.2 Å². The normalized spacial score (nSPS) is 12.6. The summed E-state index contributed by atoms with van der Waals surface area (Å²) in [4.78, 5) is 4.44. The van der Waals surface area contributed by atoms with Crippen LogP contribution in [-0.2, 0) is 6.42 Å². The monoisotopic (exact) mass is 314 g/mol. The largest absolute Gasteiger partial charge is 0.310 e. The molecule has 0 bridgehead atoms. The van der Waals surface area contributed by atoms with Crippen LogP contribution in [0, 0.1) is 6.92 Å². The second-order valence-electron chi connectivity index (χ2n) is 4.47. The van der Waals surface area contributed by atoms with Crippen LogP contribution in [0.2, 0.25) is 10.0 Å². The van der Waals surface area contributed by atoms with Crippen molar-refractivity contribution in [1.29, 1.82) is 0 Å². The van der Waals surface area contributed by atoms with Crippen LogP contribution in [0.4, 0.5) is 0 Å². The smallest absolute Gasteiger partial charge is 0.0940 e. The zero-order valence-electron chi connectivity index (χ0n) is 10.9. The predicted octanol–water partition coefficient (Wildman–Crippen LogP) is 4.65. The van der Waals surface area contributed by atoms with E-state index in [0.29, 0.717) is 5.02 Å². The third-order valence-electron chi connectivity index (χ3n) is 2.88. The molecule has 1 aromatic carbocycles. The highest BCUT2D eigenvalue weighted by Crippen LogP contribution is 2.26. The van der Waals surface area contributed by atoms with Crippen molar-refractivity contribution in [3.8, 4) is 0 Å².